The third-order valence-electron chi connectivity index (χ3n) is 4.04. The van der Waals surface area contributed by atoms with Crippen LogP contribution in [0.4, 0.5) is 5.69 Å². The summed E-state index contributed by atoms with van der Waals surface area (Å²) < 4.78 is 6.65. The molecule has 0 fully saturated rings. The van der Waals surface area contributed by atoms with E-state index < -0.39 is 0 Å². The molecule has 0 radical (unpaired) electrons. The van der Waals surface area contributed by atoms with E-state index in [9.17, 15) is 9.59 Å². The molecule has 0 spiro atoms. The standard InChI is InChI=1S/C20H17N5O3S/c1-28-15-9-5-8-14(10-15)21-18(27)12-29-20-23-19(13-6-3-2-4-7-13)22-16-11-17(26)24-25(16)20/h2-11H,12H2,1H3,(H,21,27)(H,24,26). The summed E-state index contributed by atoms with van der Waals surface area (Å²) in [7, 11) is 1.57. The molecule has 0 saturated heterocycles. The minimum Gasteiger partial charge on any atom is -0.497 e. The zero-order valence-electron chi connectivity index (χ0n) is 15.5. The molecule has 29 heavy (non-hydrogen) atoms. The minimum atomic E-state index is -0.285. The zero-order chi connectivity index (χ0) is 20.2. The van der Waals surface area contributed by atoms with Crippen LogP contribution in [-0.4, -0.2) is 38.4 Å². The highest BCUT2D eigenvalue weighted by atomic mass is 32.2. The lowest BCUT2D eigenvalue weighted by molar-refractivity contribution is -0.113. The quantitative estimate of drug-likeness (QED) is 0.477. The number of benzene rings is 2. The van der Waals surface area contributed by atoms with Crippen molar-refractivity contribution in [1.29, 1.82) is 0 Å². The molecule has 0 aliphatic rings. The fourth-order valence-electron chi connectivity index (χ4n) is 2.72. The molecule has 2 aromatic carbocycles. The smallest absolute Gasteiger partial charge is 0.266 e. The topological polar surface area (TPSA) is 101 Å². The van der Waals surface area contributed by atoms with E-state index in [4.69, 9.17) is 4.74 Å². The van der Waals surface area contributed by atoms with Crippen molar-refractivity contribution < 1.29 is 9.53 Å². The summed E-state index contributed by atoms with van der Waals surface area (Å²) in [5, 5.41) is 5.95. The number of amides is 1. The number of anilines is 1. The average molecular weight is 407 g/mol. The molecule has 9 heteroatoms. The lowest BCUT2D eigenvalue weighted by atomic mass is 10.2. The summed E-state index contributed by atoms with van der Waals surface area (Å²) in [6.45, 7) is 0. The van der Waals surface area contributed by atoms with Gasteiger partial charge in [-0.3, -0.25) is 14.7 Å². The van der Waals surface area contributed by atoms with E-state index in [1.54, 1.807) is 31.4 Å². The van der Waals surface area contributed by atoms with Crippen molar-refractivity contribution in [2.45, 2.75) is 5.16 Å². The molecule has 0 unspecified atom stereocenters. The second-order valence-electron chi connectivity index (χ2n) is 6.08. The molecule has 0 aliphatic carbocycles. The van der Waals surface area contributed by atoms with Crippen LogP contribution in [-0.2, 0) is 4.79 Å². The number of hydrogen-bond acceptors (Lipinski definition) is 6. The van der Waals surface area contributed by atoms with Gasteiger partial charge in [0.1, 0.15) is 5.75 Å². The van der Waals surface area contributed by atoms with Crippen molar-refractivity contribution in [1.82, 2.24) is 19.6 Å². The van der Waals surface area contributed by atoms with Crippen LogP contribution >= 0.6 is 11.8 Å². The average Bonchev–Trinajstić information content (AvgIpc) is 3.13. The van der Waals surface area contributed by atoms with Gasteiger partial charge in [-0.25, -0.2) is 14.5 Å². The molecule has 146 valence electrons. The lowest BCUT2D eigenvalue weighted by Crippen LogP contribution is -2.15. The number of carbonyl (C=O) groups excluding carboxylic acids is 1. The summed E-state index contributed by atoms with van der Waals surface area (Å²) in [5.41, 5.74) is 1.63. The van der Waals surface area contributed by atoms with E-state index in [-0.39, 0.29) is 17.2 Å². The molecule has 1 amide bonds. The molecule has 2 N–H and O–H groups in total. The molecule has 4 aromatic rings. The van der Waals surface area contributed by atoms with Crippen molar-refractivity contribution >= 4 is 29.0 Å². The number of ether oxygens (including phenoxy) is 1. The molecule has 4 rings (SSSR count). The monoisotopic (exact) mass is 407 g/mol. The van der Waals surface area contributed by atoms with Crippen molar-refractivity contribution in [3.63, 3.8) is 0 Å². The fourth-order valence-corrected chi connectivity index (χ4v) is 3.48. The number of hydrogen-bond donors (Lipinski definition) is 2. The highest BCUT2D eigenvalue weighted by Gasteiger charge is 2.13. The van der Waals surface area contributed by atoms with Gasteiger partial charge in [-0.2, -0.15) is 0 Å². The van der Waals surface area contributed by atoms with Gasteiger partial charge < -0.3 is 10.1 Å². The van der Waals surface area contributed by atoms with Crippen molar-refractivity contribution in [3.8, 4) is 17.1 Å². The molecule has 2 aromatic heterocycles. The third-order valence-corrected chi connectivity index (χ3v) is 4.98. The Hall–Kier alpha value is -3.59. The number of aromatic amines is 1. The summed E-state index contributed by atoms with van der Waals surface area (Å²) in [5.74, 6) is 1.05. The Labute approximate surface area is 169 Å². The van der Waals surface area contributed by atoms with E-state index in [1.165, 1.54) is 22.3 Å². The van der Waals surface area contributed by atoms with E-state index >= 15 is 0 Å². The van der Waals surface area contributed by atoms with Gasteiger partial charge in [-0.1, -0.05) is 48.2 Å². The van der Waals surface area contributed by atoms with Crippen LogP contribution in [0.25, 0.3) is 17.0 Å². The fraction of sp³-hybridized carbons (Fsp3) is 0.100. The Morgan fingerprint density at radius 3 is 2.76 bits per heavy atom. The maximum Gasteiger partial charge on any atom is 0.266 e. The van der Waals surface area contributed by atoms with Gasteiger partial charge in [0.2, 0.25) is 5.91 Å². The van der Waals surface area contributed by atoms with E-state index in [1.807, 2.05) is 30.3 Å². The SMILES string of the molecule is COc1cccc(NC(=O)CSc2nc(-c3ccccc3)nc3cc(=O)[nH]n23)c1. The predicted molar refractivity (Wildman–Crippen MR) is 111 cm³/mol. The third kappa shape index (κ3) is 4.30. The molecule has 0 bridgehead atoms. The van der Waals surface area contributed by atoms with Crippen molar-refractivity contribution in [2.24, 2.45) is 0 Å². The normalized spacial score (nSPS) is 10.8. The number of carbonyl (C=O) groups is 1. The van der Waals surface area contributed by atoms with E-state index in [0.29, 0.717) is 28.1 Å². The number of nitrogens with one attached hydrogen (secondary N) is 2. The van der Waals surface area contributed by atoms with Crippen LogP contribution in [0.3, 0.4) is 0 Å². The molecule has 0 atom stereocenters. The molecule has 2 heterocycles. The van der Waals surface area contributed by atoms with Gasteiger partial charge in [-0.05, 0) is 12.1 Å². The summed E-state index contributed by atoms with van der Waals surface area (Å²) >= 11 is 1.21. The first-order valence-corrected chi connectivity index (χ1v) is 9.73. The second kappa shape index (κ2) is 8.19. The maximum atomic E-state index is 12.4. The minimum absolute atomic E-state index is 0.109. The summed E-state index contributed by atoms with van der Waals surface area (Å²) in [6, 6.07) is 18.0. The summed E-state index contributed by atoms with van der Waals surface area (Å²) in [6.07, 6.45) is 0. The number of rotatable bonds is 6. The largest absolute Gasteiger partial charge is 0.497 e. The van der Waals surface area contributed by atoms with Crippen LogP contribution in [0.1, 0.15) is 0 Å². The number of H-pyrrole nitrogens is 1. The zero-order valence-corrected chi connectivity index (χ0v) is 16.3. The van der Waals surface area contributed by atoms with Crippen LogP contribution in [0.2, 0.25) is 0 Å². The lowest BCUT2D eigenvalue weighted by Gasteiger charge is -2.09. The number of methoxy groups -OCH3 is 1. The van der Waals surface area contributed by atoms with Gasteiger partial charge >= 0.3 is 0 Å². The Kier molecular flexibility index (Phi) is 5.30. The Morgan fingerprint density at radius 2 is 1.97 bits per heavy atom. The summed E-state index contributed by atoms with van der Waals surface area (Å²) in [4.78, 5) is 33.1. The highest BCUT2D eigenvalue weighted by Crippen LogP contribution is 2.22. The Morgan fingerprint density at radius 1 is 1.14 bits per heavy atom. The van der Waals surface area contributed by atoms with Gasteiger partial charge in [0.15, 0.2) is 16.6 Å². The predicted octanol–water partition coefficient (Wildman–Crippen LogP) is 2.82. The molecular weight excluding hydrogens is 390 g/mol. The van der Waals surface area contributed by atoms with E-state index in [0.717, 1.165) is 5.56 Å². The first kappa shape index (κ1) is 18.8. The second-order valence-corrected chi connectivity index (χ2v) is 7.02. The van der Waals surface area contributed by atoms with Crippen LogP contribution < -0.4 is 15.6 Å². The molecule has 0 saturated carbocycles. The van der Waals surface area contributed by atoms with Gasteiger partial charge in [0.25, 0.3) is 5.56 Å². The van der Waals surface area contributed by atoms with Gasteiger partial charge in [0.05, 0.1) is 12.9 Å². The number of thioether (sulfide) groups is 1. The molecule has 0 aliphatic heterocycles. The molecular formula is C20H17N5O3S. The number of nitrogens with zero attached hydrogens (tertiary/aromatic N) is 3. The van der Waals surface area contributed by atoms with Gasteiger partial charge in [0, 0.05) is 23.4 Å². The Balaban J connectivity index is 1.56. The van der Waals surface area contributed by atoms with Gasteiger partial charge in [-0.15, -0.1) is 0 Å². The van der Waals surface area contributed by atoms with Crippen LogP contribution in [0.5, 0.6) is 5.75 Å². The van der Waals surface area contributed by atoms with Crippen LogP contribution in [0, 0.1) is 0 Å². The maximum absolute atomic E-state index is 12.4. The number of fused-ring (bicyclic) bond motifs is 1. The first-order valence-electron chi connectivity index (χ1n) is 8.74. The van der Waals surface area contributed by atoms with Crippen molar-refractivity contribution in [2.75, 3.05) is 18.2 Å². The number of aromatic nitrogens is 4. The van der Waals surface area contributed by atoms with E-state index in [2.05, 4.69) is 20.4 Å². The van der Waals surface area contributed by atoms with Crippen molar-refractivity contribution in [3.05, 3.63) is 71.0 Å². The first-order chi connectivity index (χ1) is 14.1. The molecule has 8 nitrogen and oxygen atoms in total. The Bertz CT molecular complexity index is 1220. The highest BCUT2D eigenvalue weighted by molar-refractivity contribution is 7.99. The van der Waals surface area contributed by atoms with Crippen LogP contribution in [0.15, 0.2) is 70.6 Å².